The van der Waals surface area contributed by atoms with E-state index in [1.807, 2.05) is 37.3 Å². The zero-order valence-electron chi connectivity index (χ0n) is 12.4. The molecule has 3 rings (SSSR count). The largest absolute Gasteiger partial charge is 0.269 e. The van der Waals surface area contributed by atoms with Gasteiger partial charge in [-0.2, -0.15) is 0 Å². The van der Waals surface area contributed by atoms with Crippen molar-refractivity contribution in [3.63, 3.8) is 0 Å². The predicted molar refractivity (Wildman–Crippen MR) is 86.2 cm³/mol. The summed E-state index contributed by atoms with van der Waals surface area (Å²) in [6.07, 6.45) is 1.55. The second-order valence-corrected chi connectivity index (χ2v) is 7.00. The smallest absolute Gasteiger partial charge is 0.233 e. The number of rotatable bonds is 3. The number of imidazole rings is 1. The minimum atomic E-state index is -3.66. The van der Waals surface area contributed by atoms with Gasteiger partial charge in [-0.1, -0.05) is 48.0 Å². The molecule has 0 saturated heterocycles. The van der Waals surface area contributed by atoms with Gasteiger partial charge in [-0.05, 0) is 26.0 Å². The molecule has 112 valence electrons. The second-order valence-electron chi connectivity index (χ2n) is 5.19. The van der Waals surface area contributed by atoms with E-state index >= 15 is 0 Å². The first-order valence-electron chi connectivity index (χ1n) is 6.92. The minimum absolute atomic E-state index is 0.257. The van der Waals surface area contributed by atoms with Crippen LogP contribution in [-0.2, 0) is 10.0 Å². The van der Waals surface area contributed by atoms with Crippen LogP contribution in [0.4, 0.5) is 0 Å². The maximum Gasteiger partial charge on any atom is 0.269 e. The highest BCUT2D eigenvalue weighted by atomic mass is 32.2. The van der Waals surface area contributed by atoms with Crippen LogP contribution in [0.15, 0.2) is 65.7 Å². The van der Waals surface area contributed by atoms with Crippen molar-refractivity contribution in [1.29, 1.82) is 0 Å². The number of hydrogen-bond donors (Lipinski definition) is 0. The first-order valence-corrected chi connectivity index (χ1v) is 8.36. The summed E-state index contributed by atoms with van der Waals surface area (Å²) in [5.41, 5.74) is 2.45. The van der Waals surface area contributed by atoms with Crippen molar-refractivity contribution in [2.24, 2.45) is 0 Å². The van der Waals surface area contributed by atoms with Gasteiger partial charge in [0.15, 0.2) is 5.82 Å². The quantitative estimate of drug-likeness (QED) is 0.745. The van der Waals surface area contributed by atoms with Crippen LogP contribution in [-0.4, -0.2) is 17.4 Å². The Hall–Kier alpha value is -2.40. The van der Waals surface area contributed by atoms with Crippen molar-refractivity contribution in [3.05, 3.63) is 72.1 Å². The lowest BCUT2D eigenvalue weighted by atomic mass is 10.2. The molecule has 0 fully saturated rings. The average Bonchev–Trinajstić information content (AvgIpc) is 2.91. The van der Waals surface area contributed by atoms with Crippen molar-refractivity contribution in [1.82, 2.24) is 8.96 Å². The minimum Gasteiger partial charge on any atom is -0.233 e. The molecular weight excluding hydrogens is 296 g/mol. The Kier molecular flexibility index (Phi) is 3.58. The Balaban J connectivity index is 2.18. The Morgan fingerprint density at radius 3 is 2.18 bits per heavy atom. The normalized spacial score (nSPS) is 11.5. The third kappa shape index (κ3) is 2.55. The SMILES string of the molecule is Cc1ccc(S(=O)(=O)n2cc(C)nc2-c2ccccc2)cc1. The van der Waals surface area contributed by atoms with Gasteiger partial charge < -0.3 is 0 Å². The highest BCUT2D eigenvalue weighted by Crippen LogP contribution is 2.24. The molecule has 0 unspecified atom stereocenters. The molecule has 1 heterocycles. The van der Waals surface area contributed by atoms with E-state index in [1.165, 1.54) is 3.97 Å². The van der Waals surface area contributed by atoms with Crippen LogP contribution in [0.25, 0.3) is 11.4 Å². The van der Waals surface area contributed by atoms with E-state index in [1.54, 1.807) is 37.4 Å². The lowest BCUT2D eigenvalue weighted by molar-refractivity contribution is 0.588. The van der Waals surface area contributed by atoms with Gasteiger partial charge in [0.2, 0.25) is 0 Å². The molecule has 0 N–H and O–H groups in total. The number of aryl methyl sites for hydroxylation is 2. The molecule has 0 aliphatic heterocycles. The van der Waals surface area contributed by atoms with E-state index in [-0.39, 0.29) is 4.90 Å². The third-order valence-corrected chi connectivity index (χ3v) is 5.07. The molecular formula is C17H16N2O2S. The molecule has 0 aliphatic carbocycles. The summed E-state index contributed by atoms with van der Waals surface area (Å²) in [5.74, 6) is 0.429. The van der Waals surface area contributed by atoms with Crippen LogP contribution in [0.3, 0.4) is 0 Å². The Morgan fingerprint density at radius 2 is 1.55 bits per heavy atom. The summed E-state index contributed by atoms with van der Waals surface area (Å²) in [6.45, 7) is 3.71. The van der Waals surface area contributed by atoms with E-state index in [0.29, 0.717) is 11.5 Å². The summed E-state index contributed by atoms with van der Waals surface area (Å²) in [4.78, 5) is 4.63. The van der Waals surface area contributed by atoms with Crippen LogP contribution >= 0.6 is 0 Å². The summed E-state index contributed by atoms with van der Waals surface area (Å²) in [6, 6.07) is 16.1. The molecule has 2 aromatic carbocycles. The van der Waals surface area contributed by atoms with Crippen LogP contribution in [0.1, 0.15) is 11.3 Å². The van der Waals surface area contributed by atoms with Gasteiger partial charge in [0.25, 0.3) is 10.0 Å². The van der Waals surface area contributed by atoms with Crippen molar-refractivity contribution in [2.75, 3.05) is 0 Å². The lowest BCUT2D eigenvalue weighted by Crippen LogP contribution is -2.13. The standard InChI is InChI=1S/C17H16N2O2S/c1-13-8-10-16(11-9-13)22(20,21)19-12-14(2)18-17(19)15-6-4-3-5-7-15/h3-12H,1-2H3. The lowest BCUT2D eigenvalue weighted by Gasteiger charge is -2.09. The van der Waals surface area contributed by atoms with Crippen LogP contribution in [0.5, 0.6) is 0 Å². The van der Waals surface area contributed by atoms with E-state index in [9.17, 15) is 8.42 Å². The van der Waals surface area contributed by atoms with Crippen LogP contribution in [0.2, 0.25) is 0 Å². The van der Waals surface area contributed by atoms with E-state index in [2.05, 4.69) is 4.98 Å². The fourth-order valence-electron chi connectivity index (χ4n) is 2.26. The van der Waals surface area contributed by atoms with E-state index in [4.69, 9.17) is 0 Å². The number of benzene rings is 2. The Bertz CT molecular complexity index is 896. The van der Waals surface area contributed by atoms with Crippen LogP contribution in [0, 0.1) is 13.8 Å². The number of nitrogens with zero attached hydrogens (tertiary/aromatic N) is 2. The Morgan fingerprint density at radius 1 is 0.909 bits per heavy atom. The molecule has 0 radical (unpaired) electrons. The third-order valence-electron chi connectivity index (χ3n) is 3.40. The summed E-state index contributed by atoms with van der Waals surface area (Å²) in [7, 11) is -3.66. The monoisotopic (exact) mass is 312 g/mol. The molecule has 0 atom stereocenters. The van der Waals surface area contributed by atoms with Gasteiger partial charge in [0, 0.05) is 11.8 Å². The zero-order chi connectivity index (χ0) is 15.7. The highest BCUT2D eigenvalue weighted by Gasteiger charge is 2.22. The fourth-order valence-corrected chi connectivity index (χ4v) is 3.63. The number of aromatic nitrogens is 2. The predicted octanol–water partition coefficient (Wildman–Crippen LogP) is 3.40. The van der Waals surface area contributed by atoms with Gasteiger partial charge in [0.1, 0.15) is 0 Å². The van der Waals surface area contributed by atoms with E-state index in [0.717, 1.165) is 11.1 Å². The zero-order valence-corrected chi connectivity index (χ0v) is 13.2. The molecule has 4 nitrogen and oxygen atoms in total. The summed E-state index contributed by atoms with van der Waals surface area (Å²) >= 11 is 0. The van der Waals surface area contributed by atoms with Crippen LogP contribution < -0.4 is 0 Å². The maximum atomic E-state index is 12.9. The second kappa shape index (κ2) is 5.42. The molecule has 22 heavy (non-hydrogen) atoms. The van der Waals surface area contributed by atoms with Gasteiger partial charge in [-0.25, -0.2) is 17.4 Å². The molecule has 1 aromatic heterocycles. The van der Waals surface area contributed by atoms with Gasteiger partial charge in [0.05, 0.1) is 10.6 Å². The van der Waals surface area contributed by atoms with Crippen molar-refractivity contribution in [3.8, 4) is 11.4 Å². The molecule has 0 spiro atoms. The van der Waals surface area contributed by atoms with Gasteiger partial charge >= 0.3 is 0 Å². The number of hydrogen-bond acceptors (Lipinski definition) is 3. The van der Waals surface area contributed by atoms with Crippen molar-refractivity contribution >= 4 is 10.0 Å². The Labute approximate surface area is 130 Å². The summed E-state index contributed by atoms with van der Waals surface area (Å²) < 4.78 is 27.0. The first-order chi connectivity index (χ1) is 10.5. The molecule has 0 amide bonds. The van der Waals surface area contributed by atoms with Crippen molar-refractivity contribution < 1.29 is 8.42 Å². The van der Waals surface area contributed by atoms with E-state index < -0.39 is 10.0 Å². The average molecular weight is 312 g/mol. The first kappa shape index (κ1) is 14.5. The molecule has 0 saturated carbocycles. The molecule has 0 bridgehead atoms. The topological polar surface area (TPSA) is 52.0 Å². The molecule has 3 aromatic rings. The fraction of sp³-hybridized carbons (Fsp3) is 0.118. The summed E-state index contributed by atoms with van der Waals surface area (Å²) in [5, 5.41) is 0. The highest BCUT2D eigenvalue weighted by molar-refractivity contribution is 7.90. The van der Waals surface area contributed by atoms with Gasteiger partial charge in [-0.15, -0.1) is 0 Å². The van der Waals surface area contributed by atoms with Gasteiger partial charge in [-0.3, -0.25) is 0 Å². The molecule has 5 heteroatoms. The van der Waals surface area contributed by atoms with Crippen molar-refractivity contribution in [2.45, 2.75) is 18.7 Å². The maximum absolute atomic E-state index is 12.9. The molecule has 0 aliphatic rings.